The quantitative estimate of drug-likeness (QED) is 0.331. The Morgan fingerprint density at radius 2 is 0.800 bits per heavy atom. The molecule has 2 radical (unpaired) electrons. The molecule has 5 N–H and O–H groups in total. The van der Waals surface area contributed by atoms with Crippen LogP contribution in [0.4, 0.5) is 0 Å². The van der Waals surface area contributed by atoms with Gasteiger partial charge in [-0.3, -0.25) is 0 Å². The second kappa shape index (κ2) is 10.3. The predicted molar refractivity (Wildman–Crippen MR) is 63.2 cm³/mol. The molecular formula is C10H23N5. The maximum absolute atomic E-state index is 3.37. The fourth-order valence-corrected chi connectivity index (χ4v) is 1.33. The SMILES string of the molecule is [CH]1[CH]NCCNCCNCCNCCN1. The monoisotopic (exact) mass is 213 g/mol. The second-order valence-electron chi connectivity index (χ2n) is 3.49. The molecule has 1 aliphatic rings. The van der Waals surface area contributed by atoms with E-state index in [0.717, 1.165) is 52.4 Å². The van der Waals surface area contributed by atoms with E-state index in [4.69, 9.17) is 0 Å². The van der Waals surface area contributed by atoms with Crippen molar-refractivity contribution in [2.75, 3.05) is 52.4 Å². The van der Waals surface area contributed by atoms with Crippen molar-refractivity contribution in [3.05, 3.63) is 13.1 Å². The highest BCUT2D eigenvalue weighted by atomic mass is 15.0. The minimum absolute atomic E-state index is 0.969. The van der Waals surface area contributed by atoms with Gasteiger partial charge in [-0.05, 0) is 0 Å². The molecule has 0 atom stereocenters. The van der Waals surface area contributed by atoms with Crippen LogP contribution in [-0.2, 0) is 0 Å². The van der Waals surface area contributed by atoms with Gasteiger partial charge in [0.25, 0.3) is 0 Å². The molecule has 1 saturated heterocycles. The molecule has 0 aliphatic carbocycles. The first kappa shape index (κ1) is 12.9. The lowest BCUT2D eigenvalue weighted by atomic mass is 10.5. The van der Waals surface area contributed by atoms with Crippen molar-refractivity contribution in [3.63, 3.8) is 0 Å². The van der Waals surface area contributed by atoms with Gasteiger partial charge in [0.2, 0.25) is 0 Å². The Balaban J connectivity index is 2.01. The molecular weight excluding hydrogens is 190 g/mol. The predicted octanol–water partition coefficient (Wildman–Crippen LogP) is -1.73. The summed E-state index contributed by atoms with van der Waals surface area (Å²) in [5.41, 5.74) is 0. The fraction of sp³-hybridized carbons (Fsp3) is 0.800. The highest BCUT2D eigenvalue weighted by Gasteiger charge is 1.93. The molecule has 0 unspecified atom stereocenters. The standard InChI is InChI=1S/C10H23N5/c1-2-12-5-6-14-9-10-15-8-7-13-4-3-11-1/h1-2,11-15H,3-10H2. The zero-order valence-corrected chi connectivity index (χ0v) is 9.31. The molecule has 1 heterocycles. The van der Waals surface area contributed by atoms with Crippen LogP contribution in [0.15, 0.2) is 0 Å². The van der Waals surface area contributed by atoms with Crippen LogP contribution < -0.4 is 26.6 Å². The number of rotatable bonds is 0. The molecule has 15 heavy (non-hydrogen) atoms. The van der Waals surface area contributed by atoms with Crippen molar-refractivity contribution >= 4 is 0 Å². The maximum atomic E-state index is 3.37. The largest absolute Gasteiger partial charge is 0.314 e. The minimum Gasteiger partial charge on any atom is -0.314 e. The van der Waals surface area contributed by atoms with Gasteiger partial charge in [0.05, 0.1) is 0 Å². The normalized spacial score (nSPS) is 24.0. The lowest BCUT2D eigenvalue weighted by Crippen LogP contribution is -2.35. The minimum atomic E-state index is 0.969. The Morgan fingerprint density at radius 3 is 1.20 bits per heavy atom. The number of hydrogen-bond donors (Lipinski definition) is 5. The molecule has 0 aromatic carbocycles. The van der Waals surface area contributed by atoms with E-state index in [9.17, 15) is 0 Å². The molecule has 0 saturated carbocycles. The summed E-state index contributed by atoms with van der Waals surface area (Å²) in [7, 11) is 0. The van der Waals surface area contributed by atoms with Gasteiger partial charge in [-0.15, -0.1) is 0 Å². The van der Waals surface area contributed by atoms with Crippen molar-refractivity contribution in [3.8, 4) is 0 Å². The molecule has 0 spiro atoms. The summed E-state index contributed by atoms with van der Waals surface area (Å²) < 4.78 is 0. The molecule has 1 aliphatic heterocycles. The van der Waals surface area contributed by atoms with Gasteiger partial charge < -0.3 is 26.6 Å². The van der Waals surface area contributed by atoms with Crippen LogP contribution in [0.2, 0.25) is 0 Å². The maximum Gasteiger partial charge on any atom is 0.0408 e. The average Bonchev–Trinajstić information content (AvgIpc) is 2.27. The van der Waals surface area contributed by atoms with E-state index >= 15 is 0 Å². The summed E-state index contributed by atoms with van der Waals surface area (Å²) in [5, 5.41) is 16.5. The van der Waals surface area contributed by atoms with E-state index in [-0.39, 0.29) is 0 Å². The molecule has 1 fully saturated rings. The van der Waals surface area contributed by atoms with E-state index in [1.54, 1.807) is 0 Å². The van der Waals surface area contributed by atoms with Crippen LogP contribution in [0.25, 0.3) is 0 Å². The summed E-state index contributed by atoms with van der Waals surface area (Å²) in [6, 6.07) is 0. The molecule has 0 aromatic heterocycles. The first-order chi connectivity index (χ1) is 7.50. The molecule has 0 amide bonds. The molecule has 5 nitrogen and oxygen atoms in total. The zero-order chi connectivity index (χ0) is 10.6. The fourth-order valence-electron chi connectivity index (χ4n) is 1.33. The molecule has 0 aromatic rings. The van der Waals surface area contributed by atoms with E-state index < -0.39 is 0 Å². The van der Waals surface area contributed by atoms with Crippen molar-refractivity contribution in [1.82, 2.24) is 26.6 Å². The van der Waals surface area contributed by atoms with Crippen molar-refractivity contribution in [1.29, 1.82) is 0 Å². The Bertz CT molecular complexity index is 72.4. The van der Waals surface area contributed by atoms with E-state index in [1.165, 1.54) is 0 Å². The number of hydrogen-bond acceptors (Lipinski definition) is 5. The average molecular weight is 213 g/mol. The van der Waals surface area contributed by atoms with Crippen LogP contribution in [0, 0.1) is 13.1 Å². The van der Waals surface area contributed by atoms with Crippen molar-refractivity contribution < 1.29 is 0 Å². The topological polar surface area (TPSA) is 60.1 Å². The van der Waals surface area contributed by atoms with E-state index in [0.29, 0.717) is 0 Å². The van der Waals surface area contributed by atoms with E-state index in [1.807, 2.05) is 13.1 Å². The van der Waals surface area contributed by atoms with Gasteiger partial charge in [-0.25, -0.2) is 0 Å². The van der Waals surface area contributed by atoms with Crippen molar-refractivity contribution in [2.45, 2.75) is 0 Å². The van der Waals surface area contributed by atoms with Crippen LogP contribution in [0.5, 0.6) is 0 Å². The van der Waals surface area contributed by atoms with Gasteiger partial charge in [0.15, 0.2) is 0 Å². The van der Waals surface area contributed by atoms with Crippen LogP contribution in [0.3, 0.4) is 0 Å². The van der Waals surface area contributed by atoms with Gasteiger partial charge >= 0.3 is 0 Å². The Morgan fingerprint density at radius 1 is 0.467 bits per heavy atom. The third-order valence-corrected chi connectivity index (χ3v) is 2.17. The smallest absolute Gasteiger partial charge is 0.0408 e. The Hall–Kier alpha value is -0.200. The number of nitrogens with one attached hydrogen (secondary N) is 5. The summed E-state index contributed by atoms with van der Waals surface area (Å²) in [6.07, 6.45) is 0. The molecule has 88 valence electrons. The van der Waals surface area contributed by atoms with Gasteiger partial charge in [0.1, 0.15) is 0 Å². The Kier molecular flexibility index (Phi) is 8.85. The Labute approximate surface area is 92.8 Å². The van der Waals surface area contributed by atoms with Crippen molar-refractivity contribution in [2.24, 2.45) is 0 Å². The molecule has 5 heteroatoms. The van der Waals surface area contributed by atoms with Crippen LogP contribution >= 0.6 is 0 Å². The third-order valence-electron chi connectivity index (χ3n) is 2.17. The molecule has 1 rings (SSSR count). The van der Waals surface area contributed by atoms with Gasteiger partial charge in [-0.2, -0.15) is 0 Å². The van der Waals surface area contributed by atoms with E-state index in [2.05, 4.69) is 26.6 Å². The van der Waals surface area contributed by atoms with Gasteiger partial charge in [-0.1, -0.05) is 0 Å². The van der Waals surface area contributed by atoms with Crippen LogP contribution in [-0.4, -0.2) is 52.4 Å². The van der Waals surface area contributed by atoms with Gasteiger partial charge in [0, 0.05) is 65.4 Å². The lowest BCUT2D eigenvalue weighted by Gasteiger charge is -2.06. The second-order valence-corrected chi connectivity index (χ2v) is 3.49. The highest BCUT2D eigenvalue weighted by molar-refractivity contribution is 4.79. The summed E-state index contributed by atoms with van der Waals surface area (Å²) in [5.74, 6) is 0. The van der Waals surface area contributed by atoms with Crippen LogP contribution in [0.1, 0.15) is 0 Å². The zero-order valence-electron chi connectivity index (χ0n) is 9.31. The first-order valence-electron chi connectivity index (χ1n) is 5.74. The first-order valence-corrected chi connectivity index (χ1v) is 5.74. The lowest BCUT2D eigenvalue weighted by molar-refractivity contribution is 0.578. The summed E-state index contributed by atoms with van der Waals surface area (Å²) >= 11 is 0. The summed E-state index contributed by atoms with van der Waals surface area (Å²) in [4.78, 5) is 0. The molecule has 0 bridgehead atoms. The summed E-state index contributed by atoms with van der Waals surface area (Å²) in [6.45, 7) is 12.0. The third kappa shape index (κ3) is 8.77. The highest BCUT2D eigenvalue weighted by Crippen LogP contribution is 1.74.